The van der Waals surface area contributed by atoms with Crippen molar-refractivity contribution in [2.75, 3.05) is 0 Å². The molecule has 1 aromatic carbocycles. The summed E-state index contributed by atoms with van der Waals surface area (Å²) < 4.78 is 5.75. The molecular formula is C32H50N4O6. The zero-order valence-electron chi connectivity index (χ0n) is 26.4. The van der Waals surface area contributed by atoms with E-state index < -0.39 is 59.9 Å². The maximum atomic E-state index is 13.7. The highest BCUT2D eigenvalue weighted by Crippen LogP contribution is 2.16. The van der Waals surface area contributed by atoms with Gasteiger partial charge in [-0.15, -0.1) is 0 Å². The first-order valence-corrected chi connectivity index (χ1v) is 15.1. The smallest absolute Gasteiger partial charge is 0.329 e. The highest BCUT2D eigenvalue weighted by molar-refractivity contribution is 5.96. The lowest BCUT2D eigenvalue weighted by molar-refractivity contribution is -0.160. The molecule has 0 aromatic heterocycles. The summed E-state index contributed by atoms with van der Waals surface area (Å²) >= 11 is 0. The number of rotatable bonds is 9. The summed E-state index contributed by atoms with van der Waals surface area (Å²) in [5, 5.41) is 11.2. The van der Waals surface area contributed by atoms with Crippen LogP contribution in [0.4, 0.5) is 0 Å². The van der Waals surface area contributed by atoms with Crippen molar-refractivity contribution in [3.8, 4) is 0 Å². The predicted molar refractivity (Wildman–Crippen MR) is 161 cm³/mol. The van der Waals surface area contributed by atoms with E-state index in [9.17, 15) is 24.0 Å². The number of hydrogen-bond donors (Lipinski definition) is 4. The number of hydrogen-bond acceptors (Lipinski definition) is 6. The fraction of sp³-hybridized carbons (Fsp3) is 0.656. The third-order valence-electron chi connectivity index (χ3n) is 7.05. The number of nitrogens with one attached hydrogen (secondary N) is 4. The molecule has 4 N–H and O–H groups in total. The van der Waals surface area contributed by atoms with Crippen molar-refractivity contribution in [3.63, 3.8) is 0 Å². The molecule has 42 heavy (non-hydrogen) atoms. The lowest BCUT2D eigenvalue weighted by atomic mass is 9.98. The van der Waals surface area contributed by atoms with Gasteiger partial charge in [0.15, 0.2) is 6.10 Å². The minimum atomic E-state index is -1.16. The van der Waals surface area contributed by atoms with E-state index in [4.69, 9.17) is 4.74 Å². The second-order valence-electron chi connectivity index (χ2n) is 12.9. The van der Waals surface area contributed by atoms with E-state index in [2.05, 4.69) is 21.3 Å². The highest BCUT2D eigenvalue weighted by atomic mass is 16.5. The number of benzene rings is 1. The van der Waals surface area contributed by atoms with Gasteiger partial charge in [-0.25, -0.2) is 4.79 Å². The van der Waals surface area contributed by atoms with Gasteiger partial charge in [0, 0.05) is 6.42 Å². The van der Waals surface area contributed by atoms with Gasteiger partial charge in [-0.05, 0) is 48.5 Å². The van der Waals surface area contributed by atoms with E-state index in [1.807, 2.05) is 71.9 Å². The van der Waals surface area contributed by atoms with E-state index >= 15 is 0 Å². The Labute approximate surface area is 250 Å². The van der Waals surface area contributed by atoms with Crippen LogP contribution in [0.2, 0.25) is 0 Å². The first-order valence-electron chi connectivity index (χ1n) is 15.1. The average molecular weight is 587 g/mol. The van der Waals surface area contributed by atoms with Crippen LogP contribution in [0.3, 0.4) is 0 Å². The van der Waals surface area contributed by atoms with Gasteiger partial charge < -0.3 is 26.0 Å². The maximum Gasteiger partial charge on any atom is 0.329 e. The van der Waals surface area contributed by atoms with Crippen molar-refractivity contribution in [1.29, 1.82) is 0 Å². The second-order valence-corrected chi connectivity index (χ2v) is 12.9. The molecule has 1 heterocycles. The van der Waals surface area contributed by atoms with Crippen LogP contribution >= 0.6 is 0 Å². The summed E-state index contributed by atoms with van der Waals surface area (Å²) in [6.07, 6.45) is -0.151. The molecule has 0 radical (unpaired) electrons. The van der Waals surface area contributed by atoms with Gasteiger partial charge in [0.05, 0.1) is 0 Å². The first-order chi connectivity index (χ1) is 19.7. The zero-order valence-corrected chi connectivity index (χ0v) is 26.4. The van der Waals surface area contributed by atoms with Crippen molar-refractivity contribution >= 4 is 29.6 Å². The van der Waals surface area contributed by atoms with Crippen molar-refractivity contribution in [3.05, 3.63) is 35.9 Å². The molecule has 10 heteroatoms. The Kier molecular flexibility index (Phi) is 13.5. The Balaban J connectivity index is 2.58. The molecule has 5 atom stereocenters. The predicted octanol–water partition coefficient (Wildman–Crippen LogP) is 2.89. The van der Waals surface area contributed by atoms with E-state index in [-0.39, 0.29) is 42.9 Å². The number of carbonyl (C=O) groups excluding carboxylic acids is 5. The Morgan fingerprint density at radius 2 is 1.10 bits per heavy atom. The van der Waals surface area contributed by atoms with Crippen molar-refractivity contribution in [2.24, 2.45) is 23.7 Å². The topological polar surface area (TPSA) is 143 Å². The minimum Gasteiger partial charge on any atom is -0.451 e. The molecule has 1 aliphatic heterocycles. The molecule has 1 aliphatic rings. The molecule has 10 nitrogen and oxygen atoms in total. The monoisotopic (exact) mass is 586 g/mol. The van der Waals surface area contributed by atoms with Gasteiger partial charge >= 0.3 is 5.97 Å². The third-order valence-corrected chi connectivity index (χ3v) is 7.05. The molecular weight excluding hydrogens is 536 g/mol. The molecule has 0 bridgehead atoms. The fourth-order valence-electron chi connectivity index (χ4n) is 4.89. The van der Waals surface area contributed by atoms with Crippen molar-refractivity contribution in [2.45, 2.75) is 111 Å². The van der Waals surface area contributed by atoms with E-state index in [1.165, 1.54) is 0 Å². The number of esters is 1. The average Bonchev–Trinajstić information content (AvgIpc) is 2.89. The van der Waals surface area contributed by atoms with E-state index in [0.717, 1.165) is 5.56 Å². The van der Waals surface area contributed by atoms with Gasteiger partial charge in [0.25, 0.3) is 5.91 Å². The summed E-state index contributed by atoms with van der Waals surface area (Å²) in [4.78, 5) is 67.7. The molecule has 0 spiro atoms. The molecule has 1 aromatic rings. The number of ether oxygens (including phenoxy) is 1. The van der Waals surface area contributed by atoms with Crippen molar-refractivity contribution < 1.29 is 28.7 Å². The van der Waals surface area contributed by atoms with Crippen LogP contribution in [0.1, 0.15) is 80.2 Å². The van der Waals surface area contributed by atoms with E-state index in [1.54, 1.807) is 13.8 Å². The molecule has 0 saturated carbocycles. The molecule has 234 valence electrons. The number of amides is 4. The van der Waals surface area contributed by atoms with Crippen LogP contribution in [0, 0.1) is 23.7 Å². The molecule has 2 rings (SSSR count). The molecule has 1 fully saturated rings. The summed E-state index contributed by atoms with van der Waals surface area (Å²) in [5.41, 5.74) is 0.813. The Morgan fingerprint density at radius 1 is 0.595 bits per heavy atom. The first kappa shape index (κ1) is 34.8. The Bertz CT molecular complexity index is 1070. The van der Waals surface area contributed by atoms with Crippen LogP contribution in [-0.2, 0) is 35.1 Å². The van der Waals surface area contributed by atoms with Crippen LogP contribution in [-0.4, -0.2) is 59.9 Å². The van der Waals surface area contributed by atoms with Crippen LogP contribution in [0.15, 0.2) is 30.3 Å². The normalized spacial score (nSPS) is 25.0. The van der Waals surface area contributed by atoms with Gasteiger partial charge in [0.1, 0.15) is 24.2 Å². The van der Waals surface area contributed by atoms with Crippen molar-refractivity contribution in [1.82, 2.24) is 21.3 Å². The van der Waals surface area contributed by atoms with Gasteiger partial charge in [-0.1, -0.05) is 85.7 Å². The Morgan fingerprint density at radius 3 is 1.64 bits per heavy atom. The quantitative estimate of drug-likeness (QED) is 0.328. The van der Waals surface area contributed by atoms with Crippen LogP contribution < -0.4 is 21.3 Å². The lowest BCUT2D eigenvalue weighted by Gasteiger charge is -2.28. The van der Waals surface area contributed by atoms with Crippen LogP contribution in [0.25, 0.3) is 0 Å². The van der Waals surface area contributed by atoms with Crippen LogP contribution in [0.5, 0.6) is 0 Å². The summed E-state index contributed by atoms with van der Waals surface area (Å²) in [6.45, 7) is 15.1. The maximum absolute atomic E-state index is 13.7. The zero-order chi connectivity index (χ0) is 31.6. The third kappa shape index (κ3) is 11.1. The highest BCUT2D eigenvalue weighted by Gasteiger charge is 2.36. The molecule has 0 aliphatic carbocycles. The molecule has 4 amide bonds. The fourth-order valence-corrected chi connectivity index (χ4v) is 4.89. The van der Waals surface area contributed by atoms with E-state index in [0.29, 0.717) is 6.42 Å². The van der Waals surface area contributed by atoms with Gasteiger partial charge in [-0.3, -0.25) is 19.2 Å². The largest absolute Gasteiger partial charge is 0.451 e. The molecule has 1 saturated heterocycles. The molecule has 5 unspecified atom stereocenters. The summed E-state index contributed by atoms with van der Waals surface area (Å²) in [6, 6.07) is 5.26. The number of cyclic esters (lactones) is 1. The number of carbonyl (C=O) groups is 5. The second kappa shape index (κ2) is 16.3. The lowest BCUT2D eigenvalue weighted by Crippen LogP contribution is -2.59. The SMILES string of the molecule is CC(C)CC1NC(=O)C(CC(C)C)OC(=O)C(CC(C)C)NC(=O)C(Cc2ccccc2)NC(=O)C(C(C)C)NC1=O. The summed E-state index contributed by atoms with van der Waals surface area (Å²) in [7, 11) is 0. The van der Waals surface area contributed by atoms with Gasteiger partial charge in [0.2, 0.25) is 17.7 Å². The standard InChI is InChI=1S/C32H50N4O6/c1-18(2)14-23-29(38)36-27(21(7)8)31(40)34-24(17-22-12-10-9-11-13-22)28(37)35-25(15-19(3)4)32(41)42-26(16-20(5)6)30(39)33-23/h9-13,18-21,23-27H,14-17H2,1-8H3,(H,33,39)(H,34,40)(H,35,37)(H,36,38). The van der Waals surface area contributed by atoms with Gasteiger partial charge in [-0.2, -0.15) is 0 Å². The summed E-state index contributed by atoms with van der Waals surface area (Å²) in [5.74, 6) is -3.16. The minimum absolute atomic E-state index is 0.00791. The Hall–Kier alpha value is -3.43.